The van der Waals surface area contributed by atoms with Gasteiger partial charge in [-0.15, -0.1) is 0 Å². The van der Waals surface area contributed by atoms with Crippen molar-refractivity contribution in [2.24, 2.45) is 11.8 Å². The molecule has 1 saturated carbocycles. The van der Waals surface area contributed by atoms with Gasteiger partial charge in [0.2, 0.25) is 5.91 Å². The number of hydrogen-bond donors (Lipinski definition) is 1. The molecule has 0 bridgehead atoms. The molecule has 2 atom stereocenters. The van der Waals surface area contributed by atoms with Crippen molar-refractivity contribution in [3.05, 3.63) is 66.2 Å². The Balaban J connectivity index is 1.27. The van der Waals surface area contributed by atoms with Gasteiger partial charge in [-0.1, -0.05) is 48.5 Å². The van der Waals surface area contributed by atoms with Crippen molar-refractivity contribution in [2.75, 3.05) is 37.6 Å². The van der Waals surface area contributed by atoms with E-state index in [0.29, 0.717) is 12.5 Å². The molecular weight excluding hydrogens is 358 g/mol. The molecule has 2 aromatic carbocycles. The van der Waals surface area contributed by atoms with Crippen LogP contribution in [0.1, 0.15) is 37.8 Å². The van der Waals surface area contributed by atoms with Gasteiger partial charge in [-0.2, -0.15) is 0 Å². The van der Waals surface area contributed by atoms with Crippen molar-refractivity contribution in [1.82, 2.24) is 10.2 Å². The maximum Gasteiger partial charge on any atom is 0.234 e. The van der Waals surface area contributed by atoms with E-state index in [1.54, 1.807) is 0 Å². The monoisotopic (exact) mass is 391 g/mol. The fraction of sp³-hybridized carbons (Fsp3) is 0.480. The smallest absolute Gasteiger partial charge is 0.234 e. The molecule has 0 spiro atoms. The van der Waals surface area contributed by atoms with Crippen LogP contribution in [0, 0.1) is 11.8 Å². The summed E-state index contributed by atoms with van der Waals surface area (Å²) in [6, 6.07) is 21.4. The molecule has 29 heavy (non-hydrogen) atoms. The summed E-state index contributed by atoms with van der Waals surface area (Å²) in [5.41, 5.74) is 2.57. The van der Waals surface area contributed by atoms with Crippen LogP contribution in [0.25, 0.3) is 0 Å². The summed E-state index contributed by atoms with van der Waals surface area (Å²) in [4.78, 5) is 17.5. The zero-order valence-corrected chi connectivity index (χ0v) is 17.5. The van der Waals surface area contributed by atoms with Crippen molar-refractivity contribution < 1.29 is 4.79 Å². The van der Waals surface area contributed by atoms with Crippen LogP contribution in [0.2, 0.25) is 0 Å². The Labute approximate surface area is 174 Å². The molecule has 1 heterocycles. The zero-order chi connectivity index (χ0) is 20.1. The van der Waals surface area contributed by atoms with Gasteiger partial charge in [-0.05, 0) is 55.7 Å². The number of rotatable bonds is 9. The van der Waals surface area contributed by atoms with E-state index in [0.717, 1.165) is 38.5 Å². The predicted octanol–water partition coefficient (Wildman–Crippen LogP) is 4.10. The van der Waals surface area contributed by atoms with Crippen molar-refractivity contribution in [2.45, 2.75) is 32.2 Å². The highest BCUT2D eigenvalue weighted by Gasteiger charge is 2.29. The number of nitrogens with zero attached hydrogens (tertiary/aromatic N) is 2. The van der Waals surface area contributed by atoms with Gasteiger partial charge in [0.05, 0.1) is 6.54 Å². The molecule has 1 aliphatic heterocycles. The van der Waals surface area contributed by atoms with E-state index >= 15 is 0 Å². The van der Waals surface area contributed by atoms with Crippen molar-refractivity contribution in [1.29, 1.82) is 0 Å². The largest absolute Gasteiger partial charge is 0.371 e. The number of para-hydroxylation sites is 1. The number of nitrogens with one attached hydrogen (secondary N) is 1. The van der Waals surface area contributed by atoms with Crippen LogP contribution < -0.4 is 10.2 Å². The molecule has 2 fully saturated rings. The Hall–Kier alpha value is -2.33. The summed E-state index contributed by atoms with van der Waals surface area (Å²) in [5.74, 6) is 1.46. The third-order valence-corrected chi connectivity index (χ3v) is 6.36. The Bertz CT molecular complexity index is 775. The van der Waals surface area contributed by atoms with Crippen LogP contribution in [0.4, 0.5) is 5.69 Å². The van der Waals surface area contributed by atoms with Crippen LogP contribution in [-0.2, 0) is 4.79 Å². The average molecular weight is 392 g/mol. The number of carbonyl (C=O) groups excluding carboxylic acids is 1. The van der Waals surface area contributed by atoms with Gasteiger partial charge < -0.3 is 10.2 Å². The van der Waals surface area contributed by atoms with Crippen molar-refractivity contribution >= 4 is 11.6 Å². The summed E-state index contributed by atoms with van der Waals surface area (Å²) >= 11 is 0. The zero-order valence-electron chi connectivity index (χ0n) is 17.5. The van der Waals surface area contributed by atoms with Crippen LogP contribution in [-0.4, -0.2) is 43.5 Å². The second-order valence-corrected chi connectivity index (χ2v) is 8.70. The topological polar surface area (TPSA) is 35.6 Å². The van der Waals surface area contributed by atoms with E-state index in [1.807, 2.05) is 0 Å². The molecule has 154 valence electrons. The van der Waals surface area contributed by atoms with Crippen LogP contribution in [0.3, 0.4) is 0 Å². The maximum absolute atomic E-state index is 12.7. The van der Waals surface area contributed by atoms with Gasteiger partial charge >= 0.3 is 0 Å². The fourth-order valence-electron chi connectivity index (χ4n) is 4.31. The van der Waals surface area contributed by atoms with Crippen molar-refractivity contribution in [3.8, 4) is 0 Å². The normalized spacial score (nSPS) is 20.1. The molecule has 2 unspecified atom stereocenters. The molecule has 4 rings (SSSR count). The summed E-state index contributed by atoms with van der Waals surface area (Å²) in [5, 5.41) is 3.22. The van der Waals surface area contributed by atoms with E-state index in [-0.39, 0.29) is 11.9 Å². The molecule has 1 aliphatic carbocycles. The van der Waals surface area contributed by atoms with E-state index < -0.39 is 0 Å². The highest BCUT2D eigenvalue weighted by Crippen LogP contribution is 2.32. The second-order valence-electron chi connectivity index (χ2n) is 8.70. The van der Waals surface area contributed by atoms with Gasteiger partial charge in [-0.3, -0.25) is 9.69 Å². The van der Waals surface area contributed by atoms with Crippen LogP contribution in [0.15, 0.2) is 60.7 Å². The van der Waals surface area contributed by atoms with Crippen molar-refractivity contribution in [3.63, 3.8) is 0 Å². The first-order chi connectivity index (χ1) is 14.2. The fourth-order valence-corrected chi connectivity index (χ4v) is 4.31. The summed E-state index contributed by atoms with van der Waals surface area (Å²) in [7, 11) is 0. The number of benzene rings is 2. The molecule has 2 aliphatic rings. The quantitative estimate of drug-likeness (QED) is 0.699. The number of amides is 1. The minimum Gasteiger partial charge on any atom is -0.371 e. The molecule has 1 saturated heterocycles. The molecular formula is C25H33N3O. The van der Waals surface area contributed by atoms with E-state index in [4.69, 9.17) is 0 Å². The summed E-state index contributed by atoms with van der Waals surface area (Å²) in [6.45, 7) is 6.61. The third kappa shape index (κ3) is 5.60. The Morgan fingerprint density at radius 3 is 2.41 bits per heavy atom. The van der Waals surface area contributed by atoms with E-state index in [2.05, 4.69) is 82.7 Å². The first-order valence-corrected chi connectivity index (χ1v) is 11.0. The molecule has 4 heteroatoms. The predicted molar refractivity (Wildman–Crippen MR) is 119 cm³/mol. The highest BCUT2D eigenvalue weighted by atomic mass is 16.2. The lowest BCUT2D eigenvalue weighted by molar-refractivity contribution is -0.123. The Morgan fingerprint density at radius 1 is 1.03 bits per heavy atom. The minimum atomic E-state index is 0.159. The Kier molecular flexibility index (Phi) is 6.50. The lowest BCUT2D eigenvalue weighted by atomic mass is 10.1. The van der Waals surface area contributed by atoms with Crippen LogP contribution >= 0.6 is 0 Å². The van der Waals surface area contributed by atoms with Gasteiger partial charge in [-0.25, -0.2) is 0 Å². The SMILES string of the molecule is CC(c1ccccc1)N(CC(=O)NCC1CCN(c2ccccc2)C1)CC1CC1. The summed E-state index contributed by atoms with van der Waals surface area (Å²) in [6.07, 6.45) is 3.75. The highest BCUT2D eigenvalue weighted by molar-refractivity contribution is 5.78. The molecule has 0 radical (unpaired) electrons. The molecule has 4 nitrogen and oxygen atoms in total. The number of anilines is 1. The van der Waals surface area contributed by atoms with Gasteiger partial charge in [0, 0.05) is 37.9 Å². The third-order valence-electron chi connectivity index (χ3n) is 6.36. The first-order valence-electron chi connectivity index (χ1n) is 11.0. The second kappa shape index (κ2) is 9.45. The lowest BCUT2D eigenvalue weighted by Crippen LogP contribution is -2.41. The van der Waals surface area contributed by atoms with Gasteiger partial charge in [0.15, 0.2) is 0 Å². The number of hydrogen-bond acceptors (Lipinski definition) is 3. The van der Waals surface area contributed by atoms with E-state index in [1.165, 1.54) is 24.1 Å². The standard InChI is InChI=1S/C25H33N3O/c1-20(23-8-4-2-5-9-23)28(17-21-12-13-21)19-25(29)26-16-22-14-15-27(18-22)24-10-6-3-7-11-24/h2-11,20-22H,12-19H2,1H3,(H,26,29). The molecule has 1 N–H and O–H groups in total. The van der Waals surface area contributed by atoms with Crippen LogP contribution in [0.5, 0.6) is 0 Å². The maximum atomic E-state index is 12.7. The van der Waals surface area contributed by atoms with Gasteiger partial charge in [0.1, 0.15) is 0 Å². The van der Waals surface area contributed by atoms with Gasteiger partial charge in [0.25, 0.3) is 0 Å². The lowest BCUT2D eigenvalue weighted by Gasteiger charge is -2.29. The van der Waals surface area contributed by atoms with E-state index in [9.17, 15) is 4.79 Å². The molecule has 0 aromatic heterocycles. The average Bonchev–Trinajstić information content (AvgIpc) is 3.46. The Morgan fingerprint density at radius 2 is 1.72 bits per heavy atom. The summed E-state index contributed by atoms with van der Waals surface area (Å²) < 4.78 is 0. The molecule has 1 amide bonds. The minimum absolute atomic E-state index is 0.159. The first kappa shape index (κ1) is 20.0. The number of carbonyl (C=O) groups is 1. The molecule has 2 aromatic rings.